The predicted octanol–water partition coefficient (Wildman–Crippen LogP) is 0.448. The quantitative estimate of drug-likeness (QED) is 0.389. The molecule has 1 aromatic carbocycles. The highest BCUT2D eigenvalue weighted by Crippen LogP contribution is 2.30. The van der Waals surface area contributed by atoms with E-state index < -0.39 is 30.5 Å². The van der Waals surface area contributed by atoms with E-state index in [0.717, 1.165) is 0 Å². The number of phenolic OH excluding ortho intramolecular Hbond substituents is 1. The van der Waals surface area contributed by atoms with Gasteiger partial charge in [-0.2, -0.15) is 4.81 Å². The van der Waals surface area contributed by atoms with Gasteiger partial charge in [-0.3, -0.25) is 5.26 Å². The molecule has 0 bridgehead atoms. The number of hydrogen-bond donors (Lipinski definition) is 3. The van der Waals surface area contributed by atoms with Gasteiger partial charge in [-0.15, -0.1) is 0 Å². The SMILES string of the molecule is OOB(O)OOc1c(O)cc(F)cc1F. The standard InChI is InChI=1S/C6H5BF2O6/c8-3-1-4(9)6(5(10)2-3)13-15-7(11)14-12/h1-2,10-12H. The van der Waals surface area contributed by atoms with E-state index in [9.17, 15) is 8.78 Å². The van der Waals surface area contributed by atoms with Gasteiger partial charge in [-0.05, 0) is 0 Å². The van der Waals surface area contributed by atoms with E-state index in [0.29, 0.717) is 12.1 Å². The summed E-state index contributed by atoms with van der Waals surface area (Å²) in [5.41, 5.74) is 0. The van der Waals surface area contributed by atoms with Crippen LogP contribution in [0.15, 0.2) is 12.1 Å². The molecular formula is C6H5BF2O6. The molecular weight excluding hydrogens is 217 g/mol. The summed E-state index contributed by atoms with van der Waals surface area (Å²) < 4.78 is 25.3. The Labute approximate surface area is 82.3 Å². The van der Waals surface area contributed by atoms with Crippen LogP contribution in [0, 0.1) is 11.6 Å². The van der Waals surface area contributed by atoms with E-state index in [4.69, 9.17) is 15.4 Å². The van der Waals surface area contributed by atoms with Gasteiger partial charge in [0.2, 0.25) is 5.75 Å². The molecule has 0 aliphatic rings. The molecule has 0 saturated heterocycles. The molecule has 0 radical (unpaired) electrons. The summed E-state index contributed by atoms with van der Waals surface area (Å²) in [6, 6.07) is 0.985. The average molecular weight is 222 g/mol. The Morgan fingerprint density at radius 1 is 1.27 bits per heavy atom. The van der Waals surface area contributed by atoms with Gasteiger partial charge in [0.05, 0.1) is 0 Å². The van der Waals surface area contributed by atoms with Crippen LogP contribution in [-0.2, 0) is 9.61 Å². The molecule has 0 aliphatic carbocycles. The van der Waals surface area contributed by atoms with Crippen LogP contribution in [0.2, 0.25) is 0 Å². The van der Waals surface area contributed by atoms with Gasteiger partial charge in [0, 0.05) is 12.1 Å². The molecule has 82 valence electrons. The first-order chi connectivity index (χ1) is 7.04. The normalized spacial score (nSPS) is 10.1. The maximum Gasteiger partial charge on any atom is 0.703 e. The van der Waals surface area contributed by atoms with Crippen LogP contribution in [-0.4, -0.2) is 22.7 Å². The van der Waals surface area contributed by atoms with Gasteiger partial charge in [0.25, 0.3) is 0 Å². The number of aromatic hydroxyl groups is 1. The van der Waals surface area contributed by atoms with Gasteiger partial charge in [-0.1, -0.05) is 0 Å². The monoisotopic (exact) mass is 222 g/mol. The smallest absolute Gasteiger partial charge is 0.504 e. The van der Waals surface area contributed by atoms with Crippen LogP contribution in [0.25, 0.3) is 0 Å². The van der Waals surface area contributed by atoms with E-state index in [-0.39, 0.29) is 0 Å². The lowest BCUT2D eigenvalue weighted by Gasteiger charge is -2.07. The molecule has 0 unspecified atom stereocenters. The summed E-state index contributed by atoms with van der Waals surface area (Å²) >= 11 is 0. The first-order valence-corrected chi connectivity index (χ1v) is 3.54. The number of benzene rings is 1. The van der Waals surface area contributed by atoms with Crippen molar-refractivity contribution in [2.75, 3.05) is 0 Å². The summed E-state index contributed by atoms with van der Waals surface area (Å²) in [7, 11) is -2.19. The number of phenols is 1. The lowest BCUT2D eigenvalue weighted by Crippen LogP contribution is -2.23. The van der Waals surface area contributed by atoms with Crippen molar-refractivity contribution in [1.82, 2.24) is 0 Å². The largest absolute Gasteiger partial charge is 0.703 e. The minimum absolute atomic E-state index is 0.421. The molecule has 3 N–H and O–H groups in total. The highest BCUT2D eigenvalue weighted by atomic mass is 19.1. The molecule has 0 heterocycles. The third-order valence-corrected chi connectivity index (χ3v) is 1.29. The maximum atomic E-state index is 12.9. The Hall–Kier alpha value is -1.42. The topological polar surface area (TPSA) is 88.4 Å². The maximum absolute atomic E-state index is 12.9. The molecule has 0 atom stereocenters. The zero-order valence-electron chi connectivity index (χ0n) is 7.05. The van der Waals surface area contributed by atoms with Crippen molar-refractivity contribution < 1.29 is 38.7 Å². The summed E-state index contributed by atoms with van der Waals surface area (Å²) in [5, 5.41) is 25.3. The molecule has 0 spiro atoms. The molecule has 15 heavy (non-hydrogen) atoms. The summed E-state index contributed by atoms with van der Waals surface area (Å²) in [4.78, 5) is 11.1. The van der Waals surface area contributed by atoms with Crippen molar-refractivity contribution in [2.24, 2.45) is 0 Å². The van der Waals surface area contributed by atoms with Crippen molar-refractivity contribution in [2.45, 2.75) is 0 Å². The van der Waals surface area contributed by atoms with Crippen molar-refractivity contribution in [3.8, 4) is 11.5 Å². The second-order valence-electron chi connectivity index (χ2n) is 2.33. The van der Waals surface area contributed by atoms with Crippen molar-refractivity contribution in [3.05, 3.63) is 23.8 Å². The molecule has 9 heteroatoms. The Morgan fingerprint density at radius 3 is 2.47 bits per heavy atom. The molecule has 0 amide bonds. The van der Waals surface area contributed by atoms with Gasteiger partial charge >= 0.3 is 7.32 Å². The van der Waals surface area contributed by atoms with E-state index in [1.54, 1.807) is 0 Å². The fourth-order valence-corrected chi connectivity index (χ4v) is 0.736. The van der Waals surface area contributed by atoms with E-state index in [2.05, 4.69) is 14.5 Å². The third-order valence-electron chi connectivity index (χ3n) is 1.29. The van der Waals surface area contributed by atoms with E-state index in [1.165, 1.54) is 0 Å². The molecule has 0 fully saturated rings. The Morgan fingerprint density at radius 2 is 1.93 bits per heavy atom. The van der Waals surface area contributed by atoms with Crippen LogP contribution in [0.5, 0.6) is 11.5 Å². The lowest BCUT2D eigenvalue weighted by atomic mass is 10.3. The summed E-state index contributed by atoms with van der Waals surface area (Å²) in [5.74, 6) is -4.00. The predicted molar refractivity (Wildman–Crippen MR) is 41.4 cm³/mol. The van der Waals surface area contributed by atoms with Crippen molar-refractivity contribution in [3.63, 3.8) is 0 Å². The first-order valence-electron chi connectivity index (χ1n) is 3.54. The van der Waals surface area contributed by atoms with Gasteiger partial charge in [-0.25, -0.2) is 13.6 Å². The summed E-state index contributed by atoms with van der Waals surface area (Å²) in [6.45, 7) is 0. The number of rotatable bonds is 4. The van der Waals surface area contributed by atoms with E-state index in [1.807, 2.05) is 0 Å². The van der Waals surface area contributed by atoms with Crippen LogP contribution in [0.3, 0.4) is 0 Å². The minimum atomic E-state index is -2.19. The number of halogens is 2. The summed E-state index contributed by atoms with van der Waals surface area (Å²) in [6.07, 6.45) is 0. The van der Waals surface area contributed by atoms with Gasteiger partial charge in [0.1, 0.15) is 5.82 Å². The highest BCUT2D eigenvalue weighted by Gasteiger charge is 2.21. The van der Waals surface area contributed by atoms with Gasteiger partial charge < -0.3 is 15.0 Å². The Kier molecular flexibility index (Phi) is 3.80. The molecule has 0 saturated carbocycles. The van der Waals surface area contributed by atoms with Gasteiger partial charge in [0.15, 0.2) is 11.6 Å². The molecule has 0 aliphatic heterocycles. The van der Waals surface area contributed by atoms with E-state index >= 15 is 0 Å². The average Bonchev–Trinajstić information content (AvgIpc) is 2.15. The number of hydrogen-bond acceptors (Lipinski definition) is 6. The molecule has 1 rings (SSSR count). The molecule has 0 aromatic heterocycles. The zero-order valence-corrected chi connectivity index (χ0v) is 7.05. The van der Waals surface area contributed by atoms with Crippen LogP contribution < -0.4 is 4.89 Å². The van der Waals surface area contributed by atoms with Crippen LogP contribution in [0.1, 0.15) is 0 Å². The Balaban J connectivity index is 2.77. The zero-order chi connectivity index (χ0) is 11.4. The third kappa shape index (κ3) is 3.03. The second kappa shape index (κ2) is 4.89. The van der Waals surface area contributed by atoms with Crippen molar-refractivity contribution in [1.29, 1.82) is 0 Å². The highest BCUT2D eigenvalue weighted by molar-refractivity contribution is 6.33. The fraction of sp³-hybridized carbons (Fsp3) is 0. The first kappa shape index (κ1) is 11.7. The minimum Gasteiger partial charge on any atom is -0.504 e. The van der Waals surface area contributed by atoms with Crippen LogP contribution in [0.4, 0.5) is 8.78 Å². The lowest BCUT2D eigenvalue weighted by molar-refractivity contribution is -0.230. The molecule has 6 nitrogen and oxygen atoms in total. The van der Waals surface area contributed by atoms with Crippen LogP contribution >= 0.6 is 0 Å². The second-order valence-corrected chi connectivity index (χ2v) is 2.33. The Bertz CT molecular complexity index is 325. The van der Waals surface area contributed by atoms with Crippen molar-refractivity contribution >= 4 is 7.32 Å². The fourth-order valence-electron chi connectivity index (χ4n) is 0.736. The molecule has 1 aromatic rings.